The van der Waals surface area contributed by atoms with Gasteiger partial charge in [0.25, 0.3) is 0 Å². The van der Waals surface area contributed by atoms with Crippen LogP contribution in [0.3, 0.4) is 0 Å². The fourth-order valence-electron chi connectivity index (χ4n) is 1.32. The lowest BCUT2D eigenvalue weighted by Gasteiger charge is -2.42. The number of ether oxygens (including phenoxy) is 1. The van der Waals surface area contributed by atoms with E-state index in [1.165, 1.54) is 0 Å². The Hall–Kier alpha value is -1.24. The molecule has 2 atom stereocenters. The molecule has 1 saturated heterocycles. The fourth-order valence-corrected chi connectivity index (χ4v) is 1.32. The molecule has 0 spiro atoms. The van der Waals surface area contributed by atoms with Gasteiger partial charge in [-0.25, -0.2) is 4.79 Å². The summed E-state index contributed by atoms with van der Waals surface area (Å²) in [5.74, 6) is -0.0393. The van der Waals surface area contributed by atoms with Crippen LogP contribution in [-0.2, 0) is 4.74 Å². The summed E-state index contributed by atoms with van der Waals surface area (Å²) >= 11 is 0. The standard InChI is InChI=1S/C10H16N2O2/c1-7-8(5-11)6-12(7)9(13)14-10(2,3)4/h7-8H,6H2,1-4H3/t7-,8+/m1/s1. The van der Waals surface area contributed by atoms with Gasteiger partial charge in [-0.1, -0.05) is 0 Å². The van der Waals surface area contributed by atoms with Crippen molar-refractivity contribution in [3.63, 3.8) is 0 Å². The molecule has 0 aliphatic carbocycles. The third-order valence-electron chi connectivity index (χ3n) is 2.26. The molecule has 14 heavy (non-hydrogen) atoms. The van der Waals surface area contributed by atoms with E-state index in [1.54, 1.807) is 4.90 Å². The highest BCUT2D eigenvalue weighted by Gasteiger charge is 2.40. The van der Waals surface area contributed by atoms with Crippen LogP contribution in [0, 0.1) is 17.2 Å². The van der Waals surface area contributed by atoms with Crippen LogP contribution >= 0.6 is 0 Å². The molecule has 0 unspecified atom stereocenters. The van der Waals surface area contributed by atoms with Crippen LogP contribution in [0.25, 0.3) is 0 Å². The molecule has 0 aromatic carbocycles. The monoisotopic (exact) mass is 196 g/mol. The van der Waals surface area contributed by atoms with Gasteiger partial charge in [-0.15, -0.1) is 0 Å². The first-order valence-electron chi connectivity index (χ1n) is 4.74. The third-order valence-corrected chi connectivity index (χ3v) is 2.26. The smallest absolute Gasteiger partial charge is 0.410 e. The first-order chi connectivity index (χ1) is 6.35. The van der Waals surface area contributed by atoms with Gasteiger partial charge in [-0.3, -0.25) is 0 Å². The van der Waals surface area contributed by atoms with Crippen molar-refractivity contribution in [2.24, 2.45) is 5.92 Å². The number of nitriles is 1. The average Bonchev–Trinajstić information content (AvgIpc) is 1.99. The molecular formula is C10H16N2O2. The van der Waals surface area contributed by atoms with Crippen molar-refractivity contribution in [2.75, 3.05) is 6.54 Å². The van der Waals surface area contributed by atoms with Gasteiger partial charge < -0.3 is 9.64 Å². The Morgan fingerprint density at radius 2 is 2.14 bits per heavy atom. The third kappa shape index (κ3) is 2.16. The van der Waals surface area contributed by atoms with Crippen molar-refractivity contribution >= 4 is 6.09 Å². The molecule has 0 saturated carbocycles. The quantitative estimate of drug-likeness (QED) is 0.593. The average molecular weight is 196 g/mol. The topological polar surface area (TPSA) is 53.3 Å². The van der Waals surface area contributed by atoms with Crippen LogP contribution in [0.4, 0.5) is 4.79 Å². The number of hydrogen-bond acceptors (Lipinski definition) is 3. The van der Waals surface area contributed by atoms with Gasteiger partial charge in [0.15, 0.2) is 0 Å². The van der Waals surface area contributed by atoms with Crippen LogP contribution < -0.4 is 0 Å². The predicted octanol–water partition coefficient (Wildman–Crippen LogP) is 1.77. The van der Waals surface area contributed by atoms with Crippen molar-refractivity contribution in [3.8, 4) is 6.07 Å². The minimum Gasteiger partial charge on any atom is -0.444 e. The molecule has 0 bridgehead atoms. The van der Waals surface area contributed by atoms with Crippen LogP contribution in [0.5, 0.6) is 0 Å². The maximum Gasteiger partial charge on any atom is 0.410 e. The van der Waals surface area contributed by atoms with Gasteiger partial charge in [0, 0.05) is 12.6 Å². The highest BCUT2D eigenvalue weighted by Crippen LogP contribution is 2.25. The molecule has 1 heterocycles. The van der Waals surface area contributed by atoms with E-state index in [1.807, 2.05) is 27.7 Å². The summed E-state index contributed by atoms with van der Waals surface area (Å²) < 4.78 is 5.18. The van der Waals surface area contributed by atoms with Crippen molar-refractivity contribution in [3.05, 3.63) is 0 Å². The highest BCUT2D eigenvalue weighted by molar-refractivity contribution is 5.70. The number of hydrogen-bond donors (Lipinski definition) is 0. The Morgan fingerprint density at radius 1 is 1.57 bits per heavy atom. The number of carbonyl (C=O) groups is 1. The SMILES string of the molecule is C[C@@H]1[C@@H](C#N)CN1C(=O)OC(C)(C)C. The zero-order valence-electron chi connectivity index (χ0n) is 9.07. The Kier molecular flexibility index (Phi) is 2.70. The Balaban J connectivity index is 2.47. The van der Waals surface area contributed by atoms with E-state index in [-0.39, 0.29) is 18.1 Å². The lowest BCUT2D eigenvalue weighted by atomic mass is 9.92. The molecule has 1 aliphatic heterocycles. The second-order valence-electron chi connectivity index (χ2n) is 4.61. The Morgan fingerprint density at radius 3 is 2.50 bits per heavy atom. The lowest BCUT2D eigenvalue weighted by Crippen LogP contribution is -2.57. The van der Waals surface area contributed by atoms with E-state index in [4.69, 9.17) is 10.00 Å². The van der Waals surface area contributed by atoms with E-state index < -0.39 is 5.60 Å². The molecule has 1 aliphatic rings. The molecule has 1 amide bonds. The largest absolute Gasteiger partial charge is 0.444 e. The van der Waals surface area contributed by atoms with E-state index in [2.05, 4.69) is 6.07 Å². The summed E-state index contributed by atoms with van der Waals surface area (Å²) in [6.07, 6.45) is -0.323. The number of rotatable bonds is 0. The summed E-state index contributed by atoms with van der Waals surface area (Å²) in [5, 5.41) is 8.66. The number of nitrogens with zero attached hydrogens (tertiary/aromatic N) is 2. The summed E-state index contributed by atoms with van der Waals surface area (Å²) in [4.78, 5) is 13.1. The molecule has 1 fully saturated rings. The number of carbonyl (C=O) groups excluding carboxylic acids is 1. The van der Waals surface area contributed by atoms with Gasteiger partial charge in [-0.05, 0) is 27.7 Å². The lowest BCUT2D eigenvalue weighted by molar-refractivity contribution is -0.0139. The van der Waals surface area contributed by atoms with Gasteiger partial charge in [-0.2, -0.15) is 5.26 Å². The second kappa shape index (κ2) is 3.49. The molecule has 1 rings (SSSR count). The van der Waals surface area contributed by atoms with Gasteiger partial charge in [0.1, 0.15) is 5.60 Å². The second-order valence-corrected chi connectivity index (χ2v) is 4.61. The molecule has 0 N–H and O–H groups in total. The van der Waals surface area contributed by atoms with E-state index >= 15 is 0 Å². The maximum atomic E-state index is 11.5. The first kappa shape index (κ1) is 10.8. The molecule has 0 aromatic heterocycles. The van der Waals surface area contributed by atoms with E-state index in [9.17, 15) is 4.79 Å². The first-order valence-corrected chi connectivity index (χ1v) is 4.74. The molecule has 0 radical (unpaired) electrons. The normalized spacial score (nSPS) is 26.4. The number of likely N-dealkylation sites (tertiary alicyclic amines) is 1. The summed E-state index contributed by atoms with van der Waals surface area (Å²) in [6, 6.07) is 2.13. The highest BCUT2D eigenvalue weighted by atomic mass is 16.6. The minimum absolute atomic E-state index is 0.0187. The van der Waals surface area contributed by atoms with Crippen molar-refractivity contribution < 1.29 is 9.53 Å². The summed E-state index contributed by atoms with van der Waals surface area (Å²) in [6.45, 7) is 7.85. The maximum absolute atomic E-state index is 11.5. The molecule has 78 valence electrons. The van der Waals surface area contributed by atoms with Gasteiger partial charge in [0.2, 0.25) is 0 Å². The van der Waals surface area contributed by atoms with Gasteiger partial charge in [0.05, 0.1) is 12.0 Å². The zero-order chi connectivity index (χ0) is 10.9. The van der Waals surface area contributed by atoms with E-state index in [0.717, 1.165) is 0 Å². The summed E-state index contributed by atoms with van der Waals surface area (Å²) in [7, 11) is 0. The van der Waals surface area contributed by atoms with Crippen LogP contribution in [0.15, 0.2) is 0 Å². The van der Waals surface area contributed by atoms with Crippen LogP contribution in [0.2, 0.25) is 0 Å². The van der Waals surface area contributed by atoms with E-state index in [0.29, 0.717) is 6.54 Å². The Labute approximate surface area is 84.4 Å². The number of amides is 1. The van der Waals surface area contributed by atoms with Crippen LogP contribution in [0.1, 0.15) is 27.7 Å². The molecule has 4 heteroatoms. The molecule has 4 nitrogen and oxygen atoms in total. The van der Waals surface area contributed by atoms with Gasteiger partial charge >= 0.3 is 6.09 Å². The minimum atomic E-state index is -0.464. The van der Waals surface area contributed by atoms with Crippen LogP contribution in [-0.4, -0.2) is 29.2 Å². The summed E-state index contributed by atoms with van der Waals surface area (Å²) in [5.41, 5.74) is -0.464. The molecule has 0 aromatic rings. The molecular weight excluding hydrogens is 180 g/mol. The van der Waals surface area contributed by atoms with Crippen molar-refractivity contribution in [1.29, 1.82) is 5.26 Å². The fraction of sp³-hybridized carbons (Fsp3) is 0.800. The Bertz CT molecular complexity index is 275. The zero-order valence-corrected chi connectivity index (χ0v) is 9.07. The van der Waals surface area contributed by atoms with Crippen molar-refractivity contribution in [2.45, 2.75) is 39.3 Å². The predicted molar refractivity (Wildman–Crippen MR) is 51.5 cm³/mol. The van der Waals surface area contributed by atoms with Crippen molar-refractivity contribution in [1.82, 2.24) is 4.90 Å².